The Morgan fingerprint density at radius 1 is 1.05 bits per heavy atom. The van der Waals surface area contributed by atoms with Crippen molar-refractivity contribution in [1.82, 2.24) is 0 Å². The van der Waals surface area contributed by atoms with Crippen molar-refractivity contribution < 1.29 is 9.53 Å². The van der Waals surface area contributed by atoms with E-state index < -0.39 is 0 Å². The SMILES string of the molecule is CC1Oc2c(C(=O)Nc3ccccc3)cccc2C1C. The van der Waals surface area contributed by atoms with Crippen molar-refractivity contribution in [2.75, 3.05) is 5.32 Å². The molecule has 3 heteroatoms. The lowest BCUT2D eigenvalue weighted by atomic mass is 9.97. The summed E-state index contributed by atoms with van der Waals surface area (Å²) in [6, 6.07) is 15.2. The molecule has 0 aromatic heterocycles. The van der Waals surface area contributed by atoms with Gasteiger partial charge in [-0.15, -0.1) is 0 Å². The van der Waals surface area contributed by atoms with Gasteiger partial charge in [-0.2, -0.15) is 0 Å². The molecule has 2 aromatic carbocycles. The fourth-order valence-electron chi connectivity index (χ4n) is 2.48. The van der Waals surface area contributed by atoms with Crippen molar-refractivity contribution in [2.45, 2.75) is 25.9 Å². The summed E-state index contributed by atoms with van der Waals surface area (Å²) >= 11 is 0. The van der Waals surface area contributed by atoms with Gasteiger partial charge in [0.1, 0.15) is 11.9 Å². The Labute approximate surface area is 118 Å². The highest BCUT2D eigenvalue weighted by molar-refractivity contribution is 6.06. The summed E-state index contributed by atoms with van der Waals surface area (Å²) in [5, 5.41) is 2.90. The van der Waals surface area contributed by atoms with Crippen LogP contribution in [0.3, 0.4) is 0 Å². The third kappa shape index (κ3) is 2.16. The lowest BCUT2D eigenvalue weighted by Crippen LogP contribution is -2.14. The first-order valence-electron chi connectivity index (χ1n) is 6.83. The molecule has 0 spiro atoms. The van der Waals surface area contributed by atoms with E-state index in [0.717, 1.165) is 17.0 Å². The summed E-state index contributed by atoms with van der Waals surface area (Å²) in [5.41, 5.74) is 2.50. The molecule has 0 saturated heterocycles. The lowest BCUT2D eigenvalue weighted by molar-refractivity contribution is 0.102. The van der Waals surface area contributed by atoms with Gasteiger partial charge < -0.3 is 10.1 Å². The first-order valence-corrected chi connectivity index (χ1v) is 6.83. The number of hydrogen-bond donors (Lipinski definition) is 1. The number of anilines is 1. The van der Waals surface area contributed by atoms with Crippen molar-refractivity contribution in [3.05, 3.63) is 59.7 Å². The van der Waals surface area contributed by atoms with Crippen LogP contribution in [0.25, 0.3) is 0 Å². The average molecular weight is 267 g/mol. The van der Waals surface area contributed by atoms with E-state index in [2.05, 4.69) is 12.2 Å². The normalized spacial score (nSPS) is 20.1. The van der Waals surface area contributed by atoms with E-state index in [9.17, 15) is 4.79 Å². The second-order valence-electron chi connectivity index (χ2n) is 5.16. The minimum Gasteiger partial charge on any atom is -0.489 e. The Morgan fingerprint density at radius 2 is 1.80 bits per heavy atom. The molecule has 0 saturated carbocycles. The summed E-state index contributed by atoms with van der Waals surface area (Å²) in [6.45, 7) is 4.15. The van der Waals surface area contributed by atoms with E-state index in [-0.39, 0.29) is 12.0 Å². The summed E-state index contributed by atoms with van der Waals surface area (Å²) < 4.78 is 5.85. The highest BCUT2D eigenvalue weighted by Gasteiger charge is 2.30. The minimum absolute atomic E-state index is 0.107. The average Bonchev–Trinajstić information content (AvgIpc) is 2.75. The monoisotopic (exact) mass is 267 g/mol. The van der Waals surface area contributed by atoms with Gasteiger partial charge in [0, 0.05) is 17.2 Å². The van der Waals surface area contributed by atoms with Gasteiger partial charge in [0.15, 0.2) is 0 Å². The second kappa shape index (κ2) is 5.00. The molecule has 3 rings (SSSR count). The van der Waals surface area contributed by atoms with Crippen LogP contribution >= 0.6 is 0 Å². The van der Waals surface area contributed by atoms with Crippen LogP contribution in [0.2, 0.25) is 0 Å². The molecule has 1 aliphatic rings. The summed E-state index contributed by atoms with van der Waals surface area (Å²) in [7, 11) is 0. The number of nitrogens with one attached hydrogen (secondary N) is 1. The fourth-order valence-corrected chi connectivity index (χ4v) is 2.48. The number of ether oxygens (including phenoxy) is 1. The zero-order chi connectivity index (χ0) is 14.1. The van der Waals surface area contributed by atoms with E-state index >= 15 is 0 Å². The highest BCUT2D eigenvalue weighted by Crippen LogP contribution is 2.40. The third-order valence-electron chi connectivity index (χ3n) is 3.82. The maximum atomic E-state index is 12.4. The van der Waals surface area contributed by atoms with E-state index in [1.165, 1.54) is 0 Å². The van der Waals surface area contributed by atoms with Crippen LogP contribution in [0.4, 0.5) is 5.69 Å². The molecular formula is C17H17NO2. The van der Waals surface area contributed by atoms with Gasteiger partial charge in [-0.1, -0.05) is 37.3 Å². The molecule has 20 heavy (non-hydrogen) atoms. The number of carbonyl (C=O) groups is 1. The lowest BCUT2D eigenvalue weighted by Gasteiger charge is -2.10. The van der Waals surface area contributed by atoms with Gasteiger partial charge in [-0.3, -0.25) is 4.79 Å². The van der Waals surface area contributed by atoms with Gasteiger partial charge in [-0.25, -0.2) is 0 Å². The van der Waals surface area contributed by atoms with Gasteiger partial charge >= 0.3 is 0 Å². The summed E-state index contributed by atoms with van der Waals surface area (Å²) in [6.07, 6.45) is 0.107. The van der Waals surface area contributed by atoms with E-state index in [4.69, 9.17) is 4.74 Å². The molecule has 1 amide bonds. The van der Waals surface area contributed by atoms with Gasteiger partial charge in [0.2, 0.25) is 0 Å². The number of fused-ring (bicyclic) bond motifs is 1. The molecular weight excluding hydrogens is 250 g/mol. The van der Waals surface area contributed by atoms with Gasteiger partial charge in [0.25, 0.3) is 5.91 Å². The summed E-state index contributed by atoms with van der Waals surface area (Å²) in [4.78, 5) is 12.4. The molecule has 0 bridgehead atoms. The van der Waals surface area contributed by atoms with Crippen LogP contribution in [0, 0.1) is 0 Å². The first kappa shape index (κ1) is 12.7. The molecule has 0 fully saturated rings. The highest BCUT2D eigenvalue weighted by atomic mass is 16.5. The molecule has 2 unspecified atom stereocenters. The molecule has 0 aliphatic carbocycles. The Kier molecular flexibility index (Phi) is 3.18. The molecule has 3 nitrogen and oxygen atoms in total. The van der Waals surface area contributed by atoms with E-state index in [1.54, 1.807) is 0 Å². The molecule has 1 aliphatic heterocycles. The third-order valence-corrected chi connectivity index (χ3v) is 3.82. The number of carbonyl (C=O) groups excluding carboxylic acids is 1. The predicted octanol–water partition coefficient (Wildman–Crippen LogP) is 3.82. The predicted molar refractivity (Wildman–Crippen MR) is 79.3 cm³/mol. The summed E-state index contributed by atoms with van der Waals surface area (Å²) in [5.74, 6) is 0.907. The van der Waals surface area contributed by atoms with Crippen molar-refractivity contribution in [3.63, 3.8) is 0 Å². The van der Waals surface area contributed by atoms with Gasteiger partial charge in [-0.05, 0) is 25.1 Å². The van der Waals surface area contributed by atoms with Gasteiger partial charge in [0.05, 0.1) is 5.56 Å². The van der Waals surface area contributed by atoms with Crippen LogP contribution in [-0.2, 0) is 0 Å². The Balaban J connectivity index is 1.91. The van der Waals surface area contributed by atoms with Crippen LogP contribution in [0.15, 0.2) is 48.5 Å². The number of amides is 1. The quantitative estimate of drug-likeness (QED) is 0.898. The van der Waals surface area contributed by atoms with Crippen molar-refractivity contribution in [2.24, 2.45) is 0 Å². The van der Waals surface area contributed by atoms with Crippen LogP contribution in [0.5, 0.6) is 5.75 Å². The molecule has 102 valence electrons. The van der Waals surface area contributed by atoms with E-state index in [0.29, 0.717) is 11.5 Å². The zero-order valence-electron chi connectivity index (χ0n) is 11.6. The van der Waals surface area contributed by atoms with Crippen LogP contribution < -0.4 is 10.1 Å². The smallest absolute Gasteiger partial charge is 0.259 e. The minimum atomic E-state index is -0.130. The fraction of sp³-hybridized carbons (Fsp3) is 0.235. The molecule has 0 radical (unpaired) electrons. The molecule has 2 atom stereocenters. The second-order valence-corrected chi connectivity index (χ2v) is 5.16. The Hall–Kier alpha value is -2.29. The zero-order valence-corrected chi connectivity index (χ0v) is 11.6. The van der Waals surface area contributed by atoms with Crippen molar-refractivity contribution in [3.8, 4) is 5.75 Å². The van der Waals surface area contributed by atoms with E-state index in [1.807, 2.05) is 55.5 Å². The number of para-hydroxylation sites is 2. The number of hydrogen-bond acceptors (Lipinski definition) is 2. The van der Waals surface area contributed by atoms with Crippen LogP contribution in [0.1, 0.15) is 35.7 Å². The van der Waals surface area contributed by atoms with Crippen molar-refractivity contribution in [1.29, 1.82) is 0 Å². The number of benzene rings is 2. The Morgan fingerprint density at radius 3 is 2.55 bits per heavy atom. The largest absolute Gasteiger partial charge is 0.489 e. The number of rotatable bonds is 2. The molecule has 2 aromatic rings. The maximum Gasteiger partial charge on any atom is 0.259 e. The van der Waals surface area contributed by atoms with Crippen LogP contribution in [-0.4, -0.2) is 12.0 Å². The topological polar surface area (TPSA) is 38.3 Å². The Bertz CT molecular complexity index is 637. The standard InChI is InChI=1S/C17H17NO2/c1-11-12(2)20-16-14(11)9-6-10-15(16)17(19)18-13-7-4-3-5-8-13/h3-12H,1-2H3,(H,18,19). The first-order chi connectivity index (χ1) is 9.66. The maximum absolute atomic E-state index is 12.4. The molecule has 1 N–H and O–H groups in total. The van der Waals surface area contributed by atoms with Crippen molar-refractivity contribution >= 4 is 11.6 Å². The molecule has 1 heterocycles.